The minimum atomic E-state index is 0.244. The van der Waals surface area contributed by atoms with E-state index in [9.17, 15) is 0 Å². The Hall–Kier alpha value is -2.50. The third kappa shape index (κ3) is 3.34. The molecular weight excluding hydrogens is 352 g/mol. The van der Waals surface area contributed by atoms with Crippen molar-refractivity contribution in [3.63, 3.8) is 0 Å². The number of anilines is 1. The minimum Gasteiger partial charge on any atom is -0.364 e. The highest BCUT2D eigenvalue weighted by Gasteiger charge is 2.14. The highest BCUT2D eigenvalue weighted by Crippen LogP contribution is 2.37. The maximum Gasteiger partial charge on any atom is 0.225 e. The van der Waals surface area contributed by atoms with Crippen LogP contribution in [0.25, 0.3) is 21.3 Å². The Morgan fingerprint density at radius 1 is 1.00 bits per heavy atom. The fraction of sp³-hybridized carbons (Fsp3) is 0.105. The van der Waals surface area contributed by atoms with E-state index in [4.69, 9.17) is 11.6 Å². The summed E-state index contributed by atoms with van der Waals surface area (Å²) in [6, 6.07) is 16.2. The number of halogens is 1. The van der Waals surface area contributed by atoms with Gasteiger partial charge >= 0.3 is 0 Å². The molecule has 0 amide bonds. The molecule has 0 radical (unpaired) electrons. The standard InChI is InChI=1S/C19H15ClN4S/c1-12-6-5-9-14(22-12)10-21-17-16-15(13-7-3-2-4-8-13)11-25-18(16)24-19(20)23-17/h2-9,11H,10H2,1H3,(H,21,23,24). The highest BCUT2D eigenvalue weighted by molar-refractivity contribution is 7.17. The van der Waals surface area contributed by atoms with Crippen molar-refractivity contribution in [1.82, 2.24) is 15.0 Å². The van der Waals surface area contributed by atoms with E-state index < -0.39 is 0 Å². The van der Waals surface area contributed by atoms with Crippen molar-refractivity contribution in [1.29, 1.82) is 0 Å². The molecule has 0 atom stereocenters. The SMILES string of the molecule is Cc1cccc(CNc2nc(Cl)nc3scc(-c4ccccc4)c23)n1. The summed E-state index contributed by atoms with van der Waals surface area (Å²) < 4.78 is 0. The highest BCUT2D eigenvalue weighted by atomic mass is 35.5. The molecule has 1 aromatic carbocycles. The lowest BCUT2D eigenvalue weighted by atomic mass is 10.1. The van der Waals surface area contributed by atoms with Gasteiger partial charge in [0, 0.05) is 16.6 Å². The molecule has 0 unspecified atom stereocenters. The van der Waals surface area contributed by atoms with E-state index in [-0.39, 0.29) is 5.28 Å². The zero-order valence-electron chi connectivity index (χ0n) is 13.5. The molecule has 25 heavy (non-hydrogen) atoms. The maximum atomic E-state index is 6.11. The molecule has 0 spiro atoms. The van der Waals surface area contributed by atoms with E-state index in [0.717, 1.165) is 38.5 Å². The number of aromatic nitrogens is 3. The van der Waals surface area contributed by atoms with Gasteiger partial charge in [0.2, 0.25) is 5.28 Å². The van der Waals surface area contributed by atoms with Crippen molar-refractivity contribution < 1.29 is 0 Å². The van der Waals surface area contributed by atoms with E-state index in [0.29, 0.717) is 6.54 Å². The predicted octanol–water partition coefficient (Wildman–Crippen LogP) is 5.33. The number of hydrogen-bond acceptors (Lipinski definition) is 5. The first-order valence-electron chi connectivity index (χ1n) is 7.87. The second kappa shape index (κ2) is 6.78. The summed E-state index contributed by atoms with van der Waals surface area (Å²) in [6.45, 7) is 2.56. The normalized spacial score (nSPS) is 11.0. The van der Waals surface area contributed by atoms with Crippen molar-refractivity contribution in [3.8, 4) is 11.1 Å². The molecule has 0 saturated heterocycles. The average Bonchev–Trinajstić information content (AvgIpc) is 3.04. The number of thiophene rings is 1. The fourth-order valence-electron chi connectivity index (χ4n) is 2.75. The van der Waals surface area contributed by atoms with Crippen LogP contribution in [0.3, 0.4) is 0 Å². The first kappa shape index (κ1) is 16.0. The number of pyridine rings is 1. The Morgan fingerprint density at radius 2 is 1.84 bits per heavy atom. The van der Waals surface area contributed by atoms with Crippen LogP contribution in [0.4, 0.5) is 5.82 Å². The van der Waals surface area contributed by atoms with Gasteiger partial charge in [-0.2, -0.15) is 0 Å². The zero-order chi connectivity index (χ0) is 17.2. The van der Waals surface area contributed by atoms with Crippen molar-refractivity contribution in [2.45, 2.75) is 13.5 Å². The molecule has 0 fully saturated rings. The van der Waals surface area contributed by atoms with E-state index in [1.807, 2.05) is 43.3 Å². The van der Waals surface area contributed by atoms with Gasteiger partial charge in [0.15, 0.2) is 0 Å². The van der Waals surface area contributed by atoms with Crippen LogP contribution in [0, 0.1) is 6.92 Å². The quantitative estimate of drug-likeness (QED) is 0.496. The van der Waals surface area contributed by atoms with Crippen molar-refractivity contribution in [3.05, 3.63) is 70.6 Å². The van der Waals surface area contributed by atoms with Gasteiger partial charge in [0.1, 0.15) is 10.6 Å². The molecule has 0 aliphatic heterocycles. The number of nitrogens with one attached hydrogen (secondary N) is 1. The predicted molar refractivity (Wildman–Crippen MR) is 104 cm³/mol. The topological polar surface area (TPSA) is 50.7 Å². The summed E-state index contributed by atoms with van der Waals surface area (Å²) in [5.74, 6) is 0.735. The Kier molecular flexibility index (Phi) is 4.34. The van der Waals surface area contributed by atoms with Crippen LogP contribution in [-0.2, 0) is 6.54 Å². The number of benzene rings is 1. The molecule has 3 aromatic heterocycles. The fourth-order valence-corrected chi connectivity index (χ4v) is 3.91. The number of fused-ring (bicyclic) bond motifs is 1. The van der Waals surface area contributed by atoms with E-state index in [1.165, 1.54) is 0 Å². The van der Waals surface area contributed by atoms with Crippen molar-refractivity contribution in [2.24, 2.45) is 0 Å². The molecular formula is C19H15ClN4S. The molecule has 3 heterocycles. The van der Waals surface area contributed by atoms with Crippen LogP contribution < -0.4 is 5.32 Å². The summed E-state index contributed by atoms with van der Waals surface area (Å²) in [5, 5.41) is 6.71. The molecule has 6 heteroatoms. The van der Waals surface area contributed by atoms with Crippen LogP contribution in [0.2, 0.25) is 5.28 Å². The van der Waals surface area contributed by atoms with Gasteiger partial charge in [-0.05, 0) is 36.2 Å². The van der Waals surface area contributed by atoms with Gasteiger partial charge in [-0.3, -0.25) is 4.98 Å². The van der Waals surface area contributed by atoms with Gasteiger partial charge in [0.05, 0.1) is 17.6 Å². The summed E-state index contributed by atoms with van der Waals surface area (Å²) in [6.07, 6.45) is 0. The smallest absolute Gasteiger partial charge is 0.225 e. The third-order valence-corrected chi connectivity index (χ3v) is 4.92. The van der Waals surface area contributed by atoms with Gasteiger partial charge < -0.3 is 5.32 Å². The van der Waals surface area contributed by atoms with Gasteiger partial charge in [-0.1, -0.05) is 36.4 Å². The monoisotopic (exact) mass is 366 g/mol. The molecule has 0 saturated carbocycles. The molecule has 4 aromatic rings. The minimum absolute atomic E-state index is 0.244. The van der Waals surface area contributed by atoms with Crippen LogP contribution in [0.5, 0.6) is 0 Å². The lowest BCUT2D eigenvalue weighted by Crippen LogP contribution is -2.05. The largest absolute Gasteiger partial charge is 0.364 e. The van der Waals surface area contributed by atoms with Gasteiger partial charge in [0.25, 0.3) is 0 Å². The van der Waals surface area contributed by atoms with Crippen LogP contribution in [0.15, 0.2) is 53.9 Å². The molecule has 124 valence electrons. The summed E-state index contributed by atoms with van der Waals surface area (Å²) in [7, 11) is 0. The molecule has 4 rings (SSSR count). The summed E-state index contributed by atoms with van der Waals surface area (Å²) in [4.78, 5) is 14.2. The van der Waals surface area contributed by atoms with Crippen LogP contribution in [-0.4, -0.2) is 15.0 Å². The lowest BCUT2D eigenvalue weighted by molar-refractivity contribution is 1.00. The third-order valence-electron chi connectivity index (χ3n) is 3.87. The first-order chi connectivity index (χ1) is 12.2. The van der Waals surface area contributed by atoms with Gasteiger partial charge in [-0.25, -0.2) is 9.97 Å². The molecule has 0 aliphatic rings. The molecule has 1 N–H and O–H groups in total. The van der Waals surface area contributed by atoms with E-state index >= 15 is 0 Å². The average molecular weight is 367 g/mol. The second-order valence-electron chi connectivity index (χ2n) is 5.66. The Morgan fingerprint density at radius 3 is 2.64 bits per heavy atom. The van der Waals surface area contributed by atoms with Crippen LogP contribution >= 0.6 is 22.9 Å². The Labute approximate surface area is 154 Å². The van der Waals surface area contributed by atoms with Crippen molar-refractivity contribution in [2.75, 3.05) is 5.32 Å². The second-order valence-corrected chi connectivity index (χ2v) is 6.86. The molecule has 0 aliphatic carbocycles. The molecule has 4 nitrogen and oxygen atoms in total. The zero-order valence-corrected chi connectivity index (χ0v) is 15.1. The van der Waals surface area contributed by atoms with E-state index in [1.54, 1.807) is 11.3 Å². The Bertz CT molecular complexity index is 1030. The summed E-state index contributed by atoms with van der Waals surface area (Å²) in [5.41, 5.74) is 4.19. The molecule has 0 bridgehead atoms. The Balaban J connectivity index is 1.76. The number of hydrogen-bond donors (Lipinski definition) is 1. The van der Waals surface area contributed by atoms with Crippen molar-refractivity contribution >= 4 is 39.0 Å². The van der Waals surface area contributed by atoms with Crippen LogP contribution in [0.1, 0.15) is 11.4 Å². The maximum absolute atomic E-state index is 6.11. The number of rotatable bonds is 4. The lowest BCUT2D eigenvalue weighted by Gasteiger charge is -2.09. The number of nitrogens with zero attached hydrogens (tertiary/aromatic N) is 3. The van der Waals surface area contributed by atoms with Gasteiger partial charge in [-0.15, -0.1) is 11.3 Å². The van der Waals surface area contributed by atoms with E-state index in [2.05, 4.69) is 37.8 Å². The summed E-state index contributed by atoms with van der Waals surface area (Å²) >= 11 is 7.68. The number of aryl methyl sites for hydroxylation is 1. The first-order valence-corrected chi connectivity index (χ1v) is 9.13.